The Morgan fingerprint density at radius 3 is 1.71 bits per heavy atom. The van der Waals surface area contributed by atoms with Crippen molar-refractivity contribution in [2.45, 2.75) is 30.7 Å². The first kappa shape index (κ1) is 30.5. The molecule has 0 saturated heterocycles. The van der Waals surface area contributed by atoms with Gasteiger partial charge in [0.1, 0.15) is 0 Å². The largest absolute Gasteiger partial charge is 0.403 e. The quantitative estimate of drug-likeness (QED) is 0.196. The van der Waals surface area contributed by atoms with Gasteiger partial charge in [-0.25, -0.2) is 17.2 Å². The summed E-state index contributed by atoms with van der Waals surface area (Å²) in [6.45, 7) is 5.96. The van der Waals surface area contributed by atoms with E-state index < -0.39 is 36.4 Å². The summed E-state index contributed by atoms with van der Waals surface area (Å²) in [5.41, 5.74) is 1.81. The van der Waals surface area contributed by atoms with Crippen LogP contribution in [0.4, 0.5) is 8.78 Å². The van der Waals surface area contributed by atoms with Crippen molar-refractivity contribution in [2.24, 2.45) is 0 Å². The lowest BCUT2D eigenvalue weighted by atomic mass is 9.95. The minimum Gasteiger partial charge on any atom is -0.403 e. The second kappa shape index (κ2) is 12.2. The first-order chi connectivity index (χ1) is 19.4. The molecule has 4 rings (SSSR count). The molecular formula is C33H34F2O4SSi. The van der Waals surface area contributed by atoms with Crippen LogP contribution in [0.1, 0.15) is 31.9 Å². The van der Waals surface area contributed by atoms with Crippen molar-refractivity contribution in [3.8, 4) is 0 Å². The van der Waals surface area contributed by atoms with E-state index in [4.69, 9.17) is 4.43 Å². The van der Waals surface area contributed by atoms with E-state index in [-0.39, 0.29) is 16.5 Å². The summed E-state index contributed by atoms with van der Waals surface area (Å²) in [5, 5.41) is 12.4. The average Bonchev–Trinajstić information content (AvgIpc) is 2.94. The summed E-state index contributed by atoms with van der Waals surface area (Å²) >= 11 is 0. The zero-order valence-corrected chi connectivity index (χ0v) is 25.4. The summed E-state index contributed by atoms with van der Waals surface area (Å²) in [7, 11) is -6.46. The topological polar surface area (TPSA) is 63.6 Å². The number of aliphatic hydroxyl groups is 1. The maximum atomic E-state index is 14.5. The summed E-state index contributed by atoms with van der Waals surface area (Å²) in [4.78, 5) is 0.136. The number of hydrogen-bond donors (Lipinski definition) is 1. The minimum atomic E-state index is -3.43. The standard InChI is InChI=1S/C33H34F2O4SSi/c1-33(2,3)41(27-11-7-5-8-12-27,28-13-9-6-10-14-28)39-23-30(25-17-20-31(34)32(35)21-25)29(22-36)24-15-18-26(19-16-24)40(4,37)38/h5-21,36H,22-23H2,1-4H3. The van der Waals surface area contributed by atoms with Gasteiger partial charge in [-0.3, -0.25) is 0 Å². The molecule has 0 amide bonds. The monoisotopic (exact) mass is 592 g/mol. The van der Waals surface area contributed by atoms with E-state index in [0.717, 1.165) is 28.8 Å². The van der Waals surface area contributed by atoms with Gasteiger partial charge in [0.2, 0.25) is 0 Å². The van der Waals surface area contributed by atoms with Crippen LogP contribution >= 0.6 is 0 Å². The molecule has 4 nitrogen and oxygen atoms in total. The molecule has 0 aliphatic heterocycles. The molecule has 0 aliphatic carbocycles. The molecule has 4 aromatic rings. The van der Waals surface area contributed by atoms with Gasteiger partial charge in [-0.2, -0.15) is 0 Å². The molecule has 0 radical (unpaired) electrons. The maximum absolute atomic E-state index is 14.5. The zero-order valence-electron chi connectivity index (χ0n) is 23.6. The van der Waals surface area contributed by atoms with Gasteiger partial charge in [-0.05, 0) is 62.0 Å². The fraction of sp³-hybridized carbons (Fsp3) is 0.212. The van der Waals surface area contributed by atoms with Crippen LogP contribution in [0.2, 0.25) is 5.04 Å². The van der Waals surface area contributed by atoms with Crippen LogP contribution in [-0.2, 0) is 14.3 Å². The predicted molar refractivity (Wildman–Crippen MR) is 163 cm³/mol. The van der Waals surface area contributed by atoms with Crippen molar-refractivity contribution in [2.75, 3.05) is 19.5 Å². The molecular weight excluding hydrogens is 559 g/mol. The highest BCUT2D eigenvalue weighted by atomic mass is 32.2. The van der Waals surface area contributed by atoms with Gasteiger partial charge in [-0.1, -0.05) is 99.6 Å². The number of rotatable bonds is 9. The van der Waals surface area contributed by atoms with E-state index >= 15 is 0 Å². The van der Waals surface area contributed by atoms with E-state index in [9.17, 15) is 22.3 Å². The fourth-order valence-corrected chi connectivity index (χ4v) is 10.4. The lowest BCUT2D eigenvalue weighted by Crippen LogP contribution is -2.66. The van der Waals surface area contributed by atoms with Crippen LogP contribution in [0.5, 0.6) is 0 Å². The second-order valence-electron chi connectivity index (χ2n) is 11.0. The van der Waals surface area contributed by atoms with Gasteiger partial charge in [0.15, 0.2) is 21.5 Å². The van der Waals surface area contributed by atoms with Crippen molar-refractivity contribution in [1.82, 2.24) is 0 Å². The molecule has 0 unspecified atom stereocenters. The second-order valence-corrected chi connectivity index (χ2v) is 17.3. The molecule has 41 heavy (non-hydrogen) atoms. The maximum Gasteiger partial charge on any atom is 0.261 e. The van der Waals surface area contributed by atoms with Crippen LogP contribution in [0.15, 0.2) is 108 Å². The average molecular weight is 593 g/mol. The molecule has 0 aromatic heterocycles. The highest BCUT2D eigenvalue weighted by Gasteiger charge is 2.50. The molecule has 214 valence electrons. The van der Waals surface area contributed by atoms with Gasteiger partial charge >= 0.3 is 0 Å². The van der Waals surface area contributed by atoms with Gasteiger partial charge in [-0.15, -0.1) is 0 Å². The minimum absolute atomic E-state index is 0.0118. The van der Waals surface area contributed by atoms with Gasteiger partial charge in [0.05, 0.1) is 18.1 Å². The Morgan fingerprint density at radius 2 is 1.27 bits per heavy atom. The molecule has 0 spiro atoms. The van der Waals surface area contributed by atoms with E-state index in [1.54, 1.807) is 12.1 Å². The van der Waals surface area contributed by atoms with Crippen molar-refractivity contribution < 1.29 is 26.7 Å². The van der Waals surface area contributed by atoms with Gasteiger partial charge < -0.3 is 9.53 Å². The predicted octanol–water partition coefficient (Wildman–Crippen LogP) is 5.85. The number of aliphatic hydroxyl groups excluding tert-OH is 1. The molecule has 4 aromatic carbocycles. The van der Waals surface area contributed by atoms with Crippen molar-refractivity contribution in [1.29, 1.82) is 0 Å². The molecule has 0 bridgehead atoms. The highest BCUT2D eigenvalue weighted by Crippen LogP contribution is 2.38. The molecule has 0 fully saturated rings. The van der Waals surface area contributed by atoms with Crippen LogP contribution in [-0.4, -0.2) is 41.3 Å². The van der Waals surface area contributed by atoms with Crippen molar-refractivity contribution in [3.05, 3.63) is 126 Å². The third-order valence-corrected chi connectivity index (χ3v) is 13.4. The van der Waals surface area contributed by atoms with Crippen LogP contribution in [0.3, 0.4) is 0 Å². The molecule has 0 heterocycles. The Hall–Kier alpha value is -3.43. The van der Waals surface area contributed by atoms with Gasteiger partial charge in [0.25, 0.3) is 8.32 Å². The van der Waals surface area contributed by atoms with E-state index in [1.165, 1.54) is 18.2 Å². The molecule has 1 N–H and O–H groups in total. The first-order valence-electron chi connectivity index (χ1n) is 13.2. The molecule has 0 atom stereocenters. The smallest absolute Gasteiger partial charge is 0.261 e. The van der Waals surface area contributed by atoms with E-state index in [2.05, 4.69) is 45.0 Å². The summed E-state index contributed by atoms with van der Waals surface area (Å²) in [6.07, 6.45) is 1.12. The Kier molecular flexibility index (Phi) is 9.09. The van der Waals surface area contributed by atoms with Crippen LogP contribution < -0.4 is 10.4 Å². The third-order valence-electron chi connectivity index (χ3n) is 7.27. The SMILES string of the molecule is CC(C)(C)[Si](OCC(=C(CO)c1ccc(S(C)(=O)=O)cc1)c1ccc(F)c(F)c1)(c1ccccc1)c1ccccc1. The van der Waals surface area contributed by atoms with Crippen LogP contribution in [0.25, 0.3) is 11.1 Å². The van der Waals surface area contributed by atoms with E-state index in [1.807, 2.05) is 36.4 Å². The van der Waals surface area contributed by atoms with Crippen molar-refractivity contribution in [3.63, 3.8) is 0 Å². The molecule has 0 aliphatic rings. The van der Waals surface area contributed by atoms with Gasteiger partial charge in [0, 0.05) is 6.26 Å². The Labute approximate surface area is 242 Å². The zero-order chi connectivity index (χ0) is 29.8. The Balaban J connectivity index is 1.94. The first-order valence-corrected chi connectivity index (χ1v) is 17.0. The highest BCUT2D eigenvalue weighted by molar-refractivity contribution is 7.90. The third kappa shape index (κ3) is 6.41. The molecule has 0 saturated carbocycles. The Morgan fingerprint density at radius 1 is 0.756 bits per heavy atom. The lowest BCUT2D eigenvalue weighted by Gasteiger charge is -2.43. The number of hydrogen-bond acceptors (Lipinski definition) is 4. The molecule has 8 heteroatoms. The van der Waals surface area contributed by atoms with Crippen molar-refractivity contribution >= 4 is 39.7 Å². The summed E-state index contributed by atoms with van der Waals surface area (Å²) in [6, 6.07) is 29.8. The number of sulfone groups is 1. The summed E-state index contributed by atoms with van der Waals surface area (Å²) < 4.78 is 59.7. The fourth-order valence-electron chi connectivity index (χ4n) is 5.23. The van der Waals surface area contributed by atoms with Crippen LogP contribution in [0, 0.1) is 11.6 Å². The number of halogens is 2. The number of benzene rings is 4. The summed E-state index contributed by atoms with van der Waals surface area (Å²) in [5.74, 6) is -2.00. The lowest BCUT2D eigenvalue weighted by molar-refractivity contribution is 0.338. The normalized spacial score (nSPS) is 13.1. The Bertz CT molecular complexity index is 1590. The van der Waals surface area contributed by atoms with E-state index in [0.29, 0.717) is 22.3 Å².